The Morgan fingerprint density at radius 2 is 2.00 bits per heavy atom. The van der Waals surface area contributed by atoms with Crippen molar-refractivity contribution < 1.29 is 41.4 Å². The van der Waals surface area contributed by atoms with Gasteiger partial charge in [0.1, 0.15) is 12.4 Å². The summed E-state index contributed by atoms with van der Waals surface area (Å²) in [7, 11) is 0. The number of hydrogen-bond acceptors (Lipinski definition) is 2. The summed E-state index contributed by atoms with van der Waals surface area (Å²) in [6.07, 6.45) is 4.70. The Bertz CT molecular complexity index is 352. The number of carboxylic acid groups (broad SMARTS) is 2. The maximum Gasteiger partial charge on any atom is 0.349 e. The Kier molecular flexibility index (Phi) is 5.73. The van der Waals surface area contributed by atoms with Gasteiger partial charge in [-0.3, -0.25) is 9.78 Å². The van der Waals surface area contributed by atoms with Crippen LogP contribution in [0.4, 0.5) is 0 Å². The standard InChI is InChI=1S/C9H12N2O4.BrH/c1-6(8(12)13)4-7(9(14)15)11-3-2-10-5-11;/h2-3,5-7H,4H2,1H3,(H2,12,13,14,15);1H. The summed E-state index contributed by atoms with van der Waals surface area (Å²) < 4.78 is 1.45. The summed E-state index contributed by atoms with van der Waals surface area (Å²) in [5.74, 6) is -2.71. The van der Waals surface area contributed by atoms with Gasteiger partial charge in [-0.15, -0.1) is 0 Å². The maximum absolute atomic E-state index is 10.9. The highest BCUT2D eigenvalue weighted by Crippen LogP contribution is 2.12. The molecule has 2 atom stereocenters. The minimum Gasteiger partial charge on any atom is -1.00 e. The van der Waals surface area contributed by atoms with E-state index in [-0.39, 0.29) is 23.4 Å². The monoisotopic (exact) mass is 292 g/mol. The van der Waals surface area contributed by atoms with Crippen LogP contribution in [-0.2, 0) is 9.59 Å². The summed E-state index contributed by atoms with van der Waals surface area (Å²) in [6.45, 7) is 1.49. The van der Waals surface area contributed by atoms with Crippen LogP contribution in [0.15, 0.2) is 18.7 Å². The van der Waals surface area contributed by atoms with Crippen LogP contribution in [-0.4, -0.2) is 27.1 Å². The lowest BCUT2D eigenvalue weighted by Gasteiger charge is -2.11. The molecule has 0 aromatic carbocycles. The third-order valence-corrected chi connectivity index (χ3v) is 2.21. The van der Waals surface area contributed by atoms with Gasteiger partial charge in [0, 0.05) is 6.42 Å². The first kappa shape index (κ1) is 14.6. The number of hydrogen-bond donors (Lipinski definition) is 3. The van der Waals surface area contributed by atoms with E-state index in [4.69, 9.17) is 10.2 Å². The van der Waals surface area contributed by atoms with Crippen molar-refractivity contribution in [3.8, 4) is 0 Å². The van der Waals surface area contributed by atoms with E-state index in [1.807, 2.05) is 0 Å². The topological polar surface area (TPSA) is 94.3 Å². The number of nitrogens with one attached hydrogen (secondary N) is 1. The van der Waals surface area contributed by atoms with Crippen molar-refractivity contribution in [2.45, 2.75) is 19.4 Å². The fourth-order valence-corrected chi connectivity index (χ4v) is 1.28. The van der Waals surface area contributed by atoms with Gasteiger partial charge in [-0.25, -0.2) is 9.36 Å². The first-order valence-electron chi connectivity index (χ1n) is 4.51. The molecular weight excluding hydrogens is 280 g/mol. The molecule has 0 saturated carbocycles. The molecule has 0 saturated heterocycles. The van der Waals surface area contributed by atoms with E-state index < -0.39 is 23.9 Å². The SMILES string of the molecule is CC(CC(C(=O)O)[n+]1cc[nH]c1)C(=O)O.[Br-]. The molecule has 0 aliphatic heterocycles. The summed E-state index contributed by atoms with van der Waals surface area (Å²) in [5, 5.41) is 17.6. The Labute approximate surface area is 103 Å². The van der Waals surface area contributed by atoms with E-state index in [1.165, 1.54) is 17.8 Å². The lowest BCUT2D eigenvalue weighted by atomic mass is 10.0. The molecule has 1 aromatic heterocycles. The van der Waals surface area contributed by atoms with E-state index in [0.29, 0.717) is 0 Å². The van der Waals surface area contributed by atoms with Gasteiger partial charge in [0.05, 0.1) is 5.92 Å². The molecule has 0 bridgehead atoms. The smallest absolute Gasteiger partial charge is 0.349 e. The molecule has 3 N–H and O–H groups in total. The second kappa shape index (κ2) is 6.26. The maximum atomic E-state index is 10.9. The highest BCUT2D eigenvalue weighted by atomic mass is 79.9. The van der Waals surface area contributed by atoms with Crippen LogP contribution >= 0.6 is 0 Å². The minimum absolute atomic E-state index is 0. The van der Waals surface area contributed by atoms with Crippen molar-refractivity contribution in [3.05, 3.63) is 18.7 Å². The van der Waals surface area contributed by atoms with Gasteiger partial charge < -0.3 is 27.2 Å². The van der Waals surface area contributed by atoms with Gasteiger partial charge in [0.15, 0.2) is 6.04 Å². The molecule has 1 aromatic rings. The van der Waals surface area contributed by atoms with Gasteiger partial charge >= 0.3 is 11.9 Å². The zero-order chi connectivity index (χ0) is 11.4. The molecule has 16 heavy (non-hydrogen) atoms. The summed E-state index contributed by atoms with van der Waals surface area (Å²) in [6, 6.07) is -0.845. The molecule has 0 radical (unpaired) electrons. The zero-order valence-corrected chi connectivity index (χ0v) is 10.2. The number of aromatic nitrogens is 2. The van der Waals surface area contributed by atoms with Crippen molar-refractivity contribution in [2.75, 3.05) is 0 Å². The fraction of sp³-hybridized carbons (Fsp3) is 0.444. The number of halogens is 1. The fourth-order valence-electron chi connectivity index (χ4n) is 1.28. The summed E-state index contributed by atoms with van der Waals surface area (Å²) >= 11 is 0. The van der Waals surface area contributed by atoms with Crippen LogP contribution in [0.3, 0.4) is 0 Å². The van der Waals surface area contributed by atoms with Crippen LogP contribution in [0.2, 0.25) is 0 Å². The second-order valence-corrected chi connectivity index (χ2v) is 3.39. The molecule has 1 heterocycles. The normalized spacial score (nSPS) is 13.6. The number of imidazole rings is 1. The summed E-state index contributed by atoms with van der Waals surface area (Å²) in [4.78, 5) is 24.3. The lowest BCUT2D eigenvalue weighted by Crippen LogP contribution is -3.00. The van der Waals surface area contributed by atoms with Crippen molar-refractivity contribution in [3.63, 3.8) is 0 Å². The van der Waals surface area contributed by atoms with Crippen molar-refractivity contribution >= 4 is 11.9 Å². The molecule has 6 nitrogen and oxygen atoms in total. The van der Waals surface area contributed by atoms with E-state index in [0.717, 1.165) is 0 Å². The Morgan fingerprint density at radius 3 is 2.38 bits per heavy atom. The number of carbonyl (C=O) groups is 2. The van der Waals surface area contributed by atoms with E-state index in [9.17, 15) is 9.59 Å². The second-order valence-electron chi connectivity index (χ2n) is 3.39. The van der Waals surface area contributed by atoms with Crippen LogP contribution in [0.5, 0.6) is 0 Å². The van der Waals surface area contributed by atoms with Gasteiger partial charge in [-0.2, -0.15) is 0 Å². The molecule has 0 aliphatic carbocycles. The first-order valence-corrected chi connectivity index (χ1v) is 4.51. The van der Waals surface area contributed by atoms with Gasteiger partial charge in [-0.1, -0.05) is 6.92 Å². The molecule has 1 rings (SSSR count). The van der Waals surface area contributed by atoms with Crippen LogP contribution < -0.4 is 21.5 Å². The number of aliphatic carboxylic acids is 2. The van der Waals surface area contributed by atoms with Crippen LogP contribution in [0.25, 0.3) is 0 Å². The number of aromatic amines is 1. The third kappa shape index (κ3) is 3.65. The third-order valence-electron chi connectivity index (χ3n) is 2.21. The highest BCUT2D eigenvalue weighted by Gasteiger charge is 2.28. The van der Waals surface area contributed by atoms with Crippen molar-refractivity contribution in [1.82, 2.24) is 4.98 Å². The van der Waals surface area contributed by atoms with E-state index in [1.54, 1.807) is 12.4 Å². The molecule has 90 valence electrons. The largest absolute Gasteiger partial charge is 1.00 e. The lowest BCUT2D eigenvalue weighted by molar-refractivity contribution is -0.710. The Morgan fingerprint density at radius 1 is 1.38 bits per heavy atom. The Balaban J connectivity index is 0.00000225. The van der Waals surface area contributed by atoms with E-state index in [2.05, 4.69) is 4.98 Å². The van der Waals surface area contributed by atoms with Gasteiger partial charge in [0.25, 0.3) is 0 Å². The predicted octanol–water partition coefficient (Wildman–Crippen LogP) is -2.96. The summed E-state index contributed by atoms with van der Waals surface area (Å²) in [5.41, 5.74) is 0. The molecule has 0 amide bonds. The number of rotatable bonds is 5. The molecule has 2 unspecified atom stereocenters. The average Bonchev–Trinajstić information content (AvgIpc) is 2.65. The highest BCUT2D eigenvalue weighted by molar-refractivity contribution is 5.73. The molecule has 0 aliphatic rings. The van der Waals surface area contributed by atoms with Crippen molar-refractivity contribution in [2.24, 2.45) is 5.92 Å². The first-order chi connectivity index (χ1) is 7.02. The number of carboxylic acids is 2. The molecule has 0 spiro atoms. The number of H-pyrrole nitrogens is 1. The van der Waals surface area contributed by atoms with Gasteiger partial charge in [0.2, 0.25) is 6.33 Å². The Hall–Kier alpha value is -1.37. The minimum atomic E-state index is -1.03. The van der Waals surface area contributed by atoms with Crippen LogP contribution in [0.1, 0.15) is 19.4 Å². The average molecular weight is 293 g/mol. The zero-order valence-electron chi connectivity index (χ0n) is 8.63. The molecular formula is C9H13BrN2O4. The quantitative estimate of drug-likeness (QED) is 0.506. The van der Waals surface area contributed by atoms with E-state index >= 15 is 0 Å². The number of nitrogens with zero attached hydrogens (tertiary/aromatic N) is 1. The predicted molar refractivity (Wildman–Crippen MR) is 49.1 cm³/mol. The molecule has 0 fully saturated rings. The molecule has 7 heteroatoms. The van der Waals surface area contributed by atoms with Gasteiger partial charge in [-0.05, 0) is 0 Å². The van der Waals surface area contributed by atoms with Crippen LogP contribution in [0, 0.1) is 5.92 Å². The van der Waals surface area contributed by atoms with Crippen molar-refractivity contribution in [1.29, 1.82) is 0 Å².